The number of thiophene rings is 1. The van der Waals surface area contributed by atoms with E-state index in [1.54, 1.807) is 6.07 Å². The van der Waals surface area contributed by atoms with Gasteiger partial charge in [-0.15, -0.1) is 11.3 Å². The lowest BCUT2D eigenvalue weighted by atomic mass is 10.2. The molecule has 142 valence electrons. The highest BCUT2D eigenvalue weighted by atomic mass is 35.5. The predicted octanol–water partition coefficient (Wildman–Crippen LogP) is 4.48. The molecular formula is C17H12ClF3N2O3S. The van der Waals surface area contributed by atoms with Gasteiger partial charge in [0.2, 0.25) is 0 Å². The second-order valence-electron chi connectivity index (χ2n) is 5.37. The Morgan fingerprint density at radius 2 is 2.00 bits per heavy atom. The average Bonchev–Trinajstić information content (AvgIpc) is 3.08. The molecule has 5 nitrogen and oxygen atoms in total. The number of rotatable bonds is 5. The largest absolute Gasteiger partial charge is 0.455 e. The molecule has 2 aromatic heterocycles. The smallest absolute Gasteiger partial charge is 0.416 e. The van der Waals surface area contributed by atoms with Crippen molar-refractivity contribution >= 4 is 38.9 Å². The van der Waals surface area contributed by atoms with E-state index in [1.807, 2.05) is 0 Å². The third-order valence-corrected chi connectivity index (χ3v) is 5.05. The van der Waals surface area contributed by atoms with Gasteiger partial charge in [-0.2, -0.15) is 13.2 Å². The zero-order chi connectivity index (χ0) is 19.6. The number of pyridine rings is 1. The summed E-state index contributed by atoms with van der Waals surface area (Å²) >= 11 is 7.17. The molecule has 0 aliphatic heterocycles. The van der Waals surface area contributed by atoms with Crippen LogP contribution in [0.3, 0.4) is 0 Å². The van der Waals surface area contributed by atoms with Gasteiger partial charge in [0.25, 0.3) is 5.91 Å². The lowest BCUT2D eigenvalue weighted by Gasteiger charge is -2.09. The normalized spacial score (nSPS) is 11.6. The fourth-order valence-electron chi connectivity index (χ4n) is 2.26. The standard InChI is InChI=1S/C17H12ClF3N2O3S/c18-15-14-11(7-13(27-14)16(25)22-5-6-24)12(8-23-15)26-10-3-1-9(2-4-10)17(19,20)21/h1-4,7-8,24H,5-6H2,(H,22,25). The Morgan fingerprint density at radius 3 is 2.63 bits per heavy atom. The maximum atomic E-state index is 12.6. The monoisotopic (exact) mass is 416 g/mol. The Balaban J connectivity index is 1.91. The molecule has 2 heterocycles. The van der Waals surface area contributed by atoms with Crippen LogP contribution in [0.5, 0.6) is 11.5 Å². The van der Waals surface area contributed by atoms with E-state index in [0.717, 1.165) is 23.5 Å². The highest BCUT2D eigenvalue weighted by Gasteiger charge is 2.30. The maximum absolute atomic E-state index is 12.6. The Labute approximate surface area is 160 Å². The van der Waals surface area contributed by atoms with Crippen LogP contribution in [0.4, 0.5) is 13.2 Å². The van der Waals surface area contributed by atoms with Crippen LogP contribution in [0, 0.1) is 0 Å². The number of fused-ring (bicyclic) bond motifs is 1. The van der Waals surface area contributed by atoms with Crippen LogP contribution < -0.4 is 10.1 Å². The molecule has 0 fully saturated rings. The molecule has 1 aromatic carbocycles. The van der Waals surface area contributed by atoms with Crippen molar-refractivity contribution < 1.29 is 27.8 Å². The molecule has 2 N–H and O–H groups in total. The Bertz CT molecular complexity index is 974. The topological polar surface area (TPSA) is 71.5 Å². The van der Waals surface area contributed by atoms with Gasteiger partial charge in [-0.1, -0.05) is 11.6 Å². The Morgan fingerprint density at radius 1 is 1.30 bits per heavy atom. The van der Waals surface area contributed by atoms with Gasteiger partial charge < -0.3 is 15.2 Å². The van der Waals surface area contributed by atoms with E-state index >= 15 is 0 Å². The quantitative estimate of drug-likeness (QED) is 0.601. The molecule has 0 radical (unpaired) electrons. The number of halogens is 4. The first kappa shape index (κ1) is 19.4. The third-order valence-electron chi connectivity index (χ3n) is 3.51. The number of nitrogens with zero attached hydrogens (tertiary/aromatic N) is 1. The van der Waals surface area contributed by atoms with Gasteiger partial charge in [0.05, 0.1) is 27.9 Å². The summed E-state index contributed by atoms with van der Waals surface area (Å²) in [6.07, 6.45) is -3.09. The summed E-state index contributed by atoms with van der Waals surface area (Å²) in [6, 6.07) is 5.78. The van der Waals surface area contributed by atoms with Gasteiger partial charge in [0.15, 0.2) is 5.75 Å². The third kappa shape index (κ3) is 4.32. The van der Waals surface area contributed by atoms with E-state index in [0.29, 0.717) is 15.0 Å². The molecule has 0 saturated heterocycles. The van der Waals surface area contributed by atoms with Crippen molar-refractivity contribution in [1.82, 2.24) is 10.3 Å². The van der Waals surface area contributed by atoms with E-state index in [1.165, 1.54) is 18.3 Å². The number of carbonyl (C=O) groups excluding carboxylic acids is 1. The molecule has 3 rings (SSSR count). The first-order valence-corrected chi connectivity index (χ1v) is 8.81. The van der Waals surface area contributed by atoms with E-state index in [9.17, 15) is 18.0 Å². The molecule has 0 spiro atoms. The van der Waals surface area contributed by atoms with Gasteiger partial charge in [0.1, 0.15) is 10.9 Å². The number of hydrogen-bond donors (Lipinski definition) is 2. The minimum absolute atomic E-state index is 0.105. The number of carbonyl (C=O) groups is 1. The molecule has 0 saturated carbocycles. The summed E-state index contributed by atoms with van der Waals surface area (Å²) in [5.41, 5.74) is -0.785. The van der Waals surface area contributed by atoms with Crippen molar-refractivity contribution in [3.8, 4) is 11.5 Å². The number of alkyl halides is 3. The van der Waals surface area contributed by atoms with E-state index in [2.05, 4.69) is 10.3 Å². The lowest BCUT2D eigenvalue weighted by molar-refractivity contribution is -0.137. The summed E-state index contributed by atoms with van der Waals surface area (Å²) in [5, 5.41) is 12.0. The van der Waals surface area contributed by atoms with Crippen LogP contribution >= 0.6 is 22.9 Å². The summed E-state index contributed by atoms with van der Waals surface area (Å²) < 4.78 is 44.1. The second kappa shape index (κ2) is 7.71. The van der Waals surface area contributed by atoms with E-state index < -0.39 is 11.7 Å². The van der Waals surface area contributed by atoms with Crippen LogP contribution in [0.15, 0.2) is 36.5 Å². The summed E-state index contributed by atoms with van der Waals surface area (Å²) in [7, 11) is 0. The van der Waals surface area contributed by atoms with Crippen LogP contribution in [0.1, 0.15) is 15.2 Å². The van der Waals surface area contributed by atoms with Crippen LogP contribution in [-0.4, -0.2) is 29.1 Å². The van der Waals surface area contributed by atoms with Crippen LogP contribution in [0.25, 0.3) is 10.1 Å². The first-order valence-electron chi connectivity index (χ1n) is 7.62. The summed E-state index contributed by atoms with van der Waals surface area (Å²) in [4.78, 5) is 16.4. The number of hydrogen-bond acceptors (Lipinski definition) is 5. The van der Waals surface area contributed by atoms with Gasteiger partial charge in [-0.05, 0) is 30.3 Å². The van der Waals surface area contributed by atoms with Crippen LogP contribution in [-0.2, 0) is 6.18 Å². The minimum atomic E-state index is -4.43. The molecule has 0 bridgehead atoms. The van der Waals surface area contributed by atoms with Crippen LogP contribution in [0.2, 0.25) is 5.15 Å². The van der Waals surface area contributed by atoms with E-state index in [-0.39, 0.29) is 35.7 Å². The second-order valence-corrected chi connectivity index (χ2v) is 6.78. The highest BCUT2D eigenvalue weighted by molar-refractivity contribution is 7.21. The maximum Gasteiger partial charge on any atom is 0.416 e. The van der Waals surface area contributed by atoms with Crippen molar-refractivity contribution in [2.75, 3.05) is 13.2 Å². The molecule has 0 aliphatic carbocycles. The number of aromatic nitrogens is 1. The molecule has 0 atom stereocenters. The molecular weight excluding hydrogens is 405 g/mol. The Hall–Kier alpha value is -2.36. The summed E-state index contributed by atoms with van der Waals surface area (Å²) in [6.45, 7) is -0.0881. The molecule has 1 amide bonds. The molecule has 0 aliphatic rings. The van der Waals surface area contributed by atoms with Gasteiger partial charge in [-0.3, -0.25) is 4.79 Å². The summed E-state index contributed by atoms with van der Waals surface area (Å²) in [5.74, 6) is 0.0549. The van der Waals surface area contributed by atoms with Gasteiger partial charge in [0, 0.05) is 11.9 Å². The number of ether oxygens (including phenoxy) is 1. The van der Waals surface area contributed by atoms with E-state index in [4.69, 9.17) is 21.4 Å². The fraction of sp³-hybridized carbons (Fsp3) is 0.176. The number of benzene rings is 1. The molecule has 3 aromatic rings. The SMILES string of the molecule is O=C(NCCO)c1cc2c(Oc3ccc(C(F)(F)F)cc3)cnc(Cl)c2s1. The number of aliphatic hydroxyl groups is 1. The van der Waals surface area contributed by atoms with Gasteiger partial charge in [-0.25, -0.2) is 4.98 Å². The van der Waals surface area contributed by atoms with Crippen molar-refractivity contribution in [3.63, 3.8) is 0 Å². The van der Waals surface area contributed by atoms with Crippen molar-refractivity contribution in [3.05, 3.63) is 52.1 Å². The number of aliphatic hydroxyl groups excluding tert-OH is 1. The first-order chi connectivity index (χ1) is 12.8. The van der Waals surface area contributed by atoms with Crippen molar-refractivity contribution in [2.24, 2.45) is 0 Å². The molecule has 0 unspecified atom stereocenters. The minimum Gasteiger partial charge on any atom is -0.455 e. The zero-order valence-electron chi connectivity index (χ0n) is 13.5. The number of nitrogens with one attached hydrogen (secondary N) is 1. The highest BCUT2D eigenvalue weighted by Crippen LogP contribution is 2.38. The predicted molar refractivity (Wildman–Crippen MR) is 95.6 cm³/mol. The fourth-order valence-corrected chi connectivity index (χ4v) is 3.49. The van der Waals surface area contributed by atoms with Crippen molar-refractivity contribution in [2.45, 2.75) is 6.18 Å². The Kier molecular flexibility index (Phi) is 5.54. The molecule has 10 heteroatoms. The zero-order valence-corrected chi connectivity index (χ0v) is 15.1. The molecule has 27 heavy (non-hydrogen) atoms. The van der Waals surface area contributed by atoms with Gasteiger partial charge >= 0.3 is 6.18 Å². The van der Waals surface area contributed by atoms with Crippen molar-refractivity contribution in [1.29, 1.82) is 0 Å². The number of amides is 1. The lowest BCUT2D eigenvalue weighted by Crippen LogP contribution is -2.25. The average molecular weight is 417 g/mol.